The fraction of sp³-hybridized carbons (Fsp3) is 0.188. The predicted molar refractivity (Wildman–Crippen MR) is 78.1 cm³/mol. The average Bonchev–Trinajstić information content (AvgIpc) is 2.88. The van der Waals surface area contributed by atoms with Gasteiger partial charge in [-0.3, -0.25) is 15.0 Å². The summed E-state index contributed by atoms with van der Waals surface area (Å²) < 4.78 is 64.9. The molecule has 1 aromatic heterocycles. The van der Waals surface area contributed by atoms with E-state index in [4.69, 9.17) is 0 Å². The second kappa shape index (κ2) is 5.47. The molecule has 0 atom stereocenters. The number of aromatic amines is 2. The zero-order chi connectivity index (χ0) is 17.5. The summed E-state index contributed by atoms with van der Waals surface area (Å²) in [5.41, 5.74) is -2.62. The van der Waals surface area contributed by atoms with Crippen LogP contribution in [0, 0.1) is 0 Å². The van der Waals surface area contributed by atoms with Gasteiger partial charge in [0.1, 0.15) is 5.69 Å². The van der Waals surface area contributed by atoms with E-state index in [9.17, 15) is 26.7 Å². The maximum absolute atomic E-state index is 13.6. The molecule has 0 saturated heterocycles. The number of benzene rings is 2. The Balaban J connectivity index is 2.04. The van der Waals surface area contributed by atoms with Gasteiger partial charge >= 0.3 is 12.1 Å². The van der Waals surface area contributed by atoms with Crippen LogP contribution in [0.15, 0.2) is 47.3 Å². The lowest BCUT2D eigenvalue weighted by atomic mass is 9.99. The third-order valence-electron chi connectivity index (χ3n) is 3.74. The van der Waals surface area contributed by atoms with E-state index < -0.39 is 28.9 Å². The van der Waals surface area contributed by atoms with Gasteiger partial charge in [0.2, 0.25) is 0 Å². The number of aromatic nitrogens is 2. The van der Waals surface area contributed by atoms with E-state index in [-0.39, 0.29) is 6.42 Å². The van der Waals surface area contributed by atoms with Crippen molar-refractivity contribution >= 4 is 10.8 Å². The molecule has 1 heterocycles. The van der Waals surface area contributed by atoms with Gasteiger partial charge in [0, 0.05) is 6.42 Å². The van der Waals surface area contributed by atoms with Crippen LogP contribution in [0.25, 0.3) is 10.8 Å². The van der Waals surface area contributed by atoms with Crippen molar-refractivity contribution in [1.29, 1.82) is 0 Å². The Morgan fingerprint density at radius 1 is 0.875 bits per heavy atom. The van der Waals surface area contributed by atoms with Gasteiger partial charge in [-0.25, -0.2) is 0 Å². The van der Waals surface area contributed by atoms with Crippen molar-refractivity contribution in [3.8, 4) is 0 Å². The smallest absolute Gasteiger partial charge is 0.296 e. The monoisotopic (exact) mass is 342 g/mol. The molecule has 0 amide bonds. The molecule has 126 valence electrons. The third-order valence-corrected chi connectivity index (χ3v) is 3.74. The van der Waals surface area contributed by atoms with E-state index in [0.717, 1.165) is 10.8 Å². The Bertz CT molecular complexity index is 939. The number of hydrogen-bond acceptors (Lipinski definition) is 1. The number of halogens is 5. The number of H-pyrrole nitrogens is 2. The quantitative estimate of drug-likeness (QED) is 0.692. The Hall–Kier alpha value is -2.64. The molecule has 3 rings (SSSR count). The van der Waals surface area contributed by atoms with Crippen molar-refractivity contribution in [2.24, 2.45) is 0 Å². The molecule has 3 aromatic rings. The summed E-state index contributed by atoms with van der Waals surface area (Å²) in [5.74, 6) is -5.14. The van der Waals surface area contributed by atoms with Crippen LogP contribution in [-0.2, 0) is 12.3 Å². The van der Waals surface area contributed by atoms with Gasteiger partial charge < -0.3 is 0 Å². The number of fused-ring (bicyclic) bond motifs is 1. The zero-order valence-corrected chi connectivity index (χ0v) is 12.0. The van der Waals surface area contributed by atoms with E-state index in [1.165, 1.54) is 0 Å². The minimum absolute atomic E-state index is 0.343. The van der Waals surface area contributed by atoms with Gasteiger partial charge in [-0.05, 0) is 16.3 Å². The first kappa shape index (κ1) is 16.2. The summed E-state index contributed by atoms with van der Waals surface area (Å²) in [6, 6.07) is 12.2. The first-order valence-electron chi connectivity index (χ1n) is 6.92. The number of rotatable bonds is 3. The van der Waals surface area contributed by atoms with Gasteiger partial charge in [0.05, 0.1) is 5.56 Å². The Morgan fingerprint density at radius 2 is 1.54 bits per heavy atom. The SMILES string of the molecule is O=c1[nH][nH]c(C(F)(F)C(F)(F)F)c1Cc1ccc2ccccc2c1. The normalized spacial score (nSPS) is 12.7. The zero-order valence-electron chi connectivity index (χ0n) is 12.0. The molecular formula is C16H11F5N2O. The van der Waals surface area contributed by atoms with Crippen LogP contribution in [0.3, 0.4) is 0 Å². The van der Waals surface area contributed by atoms with Crippen molar-refractivity contribution in [3.05, 3.63) is 69.6 Å². The number of alkyl halides is 5. The number of hydrogen-bond donors (Lipinski definition) is 2. The summed E-state index contributed by atoms with van der Waals surface area (Å²) in [7, 11) is 0. The molecule has 0 aliphatic rings. The standard InChI is InChI=1S/C16H11F5N2O/c17-15(18,16(19,20)21)13-12(14(24)23-22-13)8-9-5-6-10-3-1-2-4-11(10)7-9/h1-7H,8H2,(H2,22,23,24). The van der Waals surface area contributed by atoms with Crippen LogP contribution in [0.4, 0.5) is 22.0 Å². The lowest BCUT2D eigenvalue weighted by molar-refractivity contribution is -0.291. The number of nitrogens with one attached hydrogen (secondary N) is 2. The Labute approximate surface area is 132 Å². The summed E-state index contributed by atoms with van der Waals surface area (Å²) in [6.07, 6.45) is -6.14. The fourth-order valence-corrected chi connectivity index (χ4v) is 2.51. The largest absolute Gasteiger partial charge is 0.459 e. The second-order valence-corrected chi connectivity index (χ2v) is 5.36. The summed E-state index contributed by atoms with van der Waals surface area (Å²) in [5, 5.41) is 5.17. The first-order valence-corrected chi connectivity index (χ1v) is 6.92. The minimum Gasteiger partial charge on any atom is -0.296 e. The van der Waals surface area contributed by atoms with Crippen molar-refractivity contribution in [3.63, 3.8) is 0 Å². The van der Waals surface area contributed by atoms with Crippen LogP contribution in [0.5, 0.6) is 0 Å². The molecule has 0 bridgehead atoms. The topological polar surface area (TPSA) is 48.6 Å². The molecule has 0 radical (unpaired) electrons. The first-order chi connectivity index (χ1) is 11.2. The van der Waals surface area contributed by atoms with E-state index >= 15 is 0 Å². The van der Waals surface area contributed by atoms with Crippen LogP contribution < -0.4 is 5.56 Å². The molecule has 2 N–H and O–H groups in total. The molecule has 0 fully saturated rings. The molecule has 0 unspecified atom stereocenters. The molecule has 24 heavy (non-hydrogen) atoms. The van der Waals surface area contributed by atoms with Gasteiger partial charge in [-0.1, -0.05) is 42.5 Å². The van der Waals surface area contributed by atoms with Crippen molar-refractivity contribution in [1.82, 2.24) is 10.2 Å². The maximum Gasteiger partial charge on any atom is 0.459 e. The molecule has 0 aliphatic carbocycles. The Morgan fingerprint density at radius 3 is 2.21 bits per heavy atom. The highest BCUT2D eigenvalue weighted by molar-refractivity contribution is 5.83. The van der Waals surface area contributed by atoms with Gasteiger partial charge in [0.15, 0.2) is 0 Å². The highest BCUT2D eigenvalue weighted by atomic mass is 19.4. The van der Waals surface area contributed by atoms with E-state index in [2.05, 4.69) is 0 Å². The molecule has 2 aromatic carbocycles. The third kappa shape index (κ3) is 2.68. The van der Waals surface area contributed by atoms with Gasteiger partial charge in [-0.2, -0.15) is 22.0 Å². The average molecular weight is 342 g/mol. The summed E-state index contributed by atoms with van der Waals surface area (Å²) in [4.78, 5) is 11.7. The van der Waals surface area contributed by atoms with Crippen molar-refractivity contribution in [2.75, 3.05) is 0 Å². The predicted octanol–water partition coefficient (Wildman–Crippen LogP) is 4.10. The molecule has 0 aliphatic heterocycles. The molecule has 3 nitrogen and oxygen atoms in total. The summed E-state index contributed by atoms with van der Waals surface area (Å²) in [6.45, 7) is 0. The lowest BCUT2D eigenvalue weighted by Crippen LogP contribution is -2.35. The molecule has 0 spiro atoms. The van der Waals surface area contributed by atoms with Crippen molar-refractivity contribution < 1.29 is 22.0 Å². The highest BCUT2D eigenvalue weighted by Crippen LogP contribution is 2.43. The van der Waals surface area contributed by atoms with Gasteiger partial charge in [-0.15, -0.1) is 0 Å². The maximum atomic E-state index is 13.6. The van der Waals surface area contributed by atoms with Crippen LogP contribution in [0.2, 0.25) is 0 Å². The lowest BCUT2D eigenvalue weighted by Gasteiger charge is -2.19. The van der Waals surface area contributed by atoms with E-state index in [1.807, 2.05) is 17.2 Å². The van der Waals surface area contributed by atoms with Crippen molar-refractivity contribution in [2.45, 2.75) is 18.5 Å². The second-order valence-electron chi connectivity index (χ2n) is 5.36. The molecular weight excluding hydrogens is 331 g/mol. The molecule has 8 heteroatoms. The van der Waals surface area contributed by atoms with Crippen LogP contribution in [-0.4, -0.2) is 16.4 Å². The Kier molecular flexibility index (Phi) is 3.70. The fourth-order valence-electron chi connectivity index (χ4n) is 2.51. The molecule has 0 saturated carbocycles. The van der Waals surface area contributed by atoms with Gasteiger partial charge in [0.25, 0.3) is 5.56 Å². The van der Waals surface area contributed by atoms with E-state index in [1.54, 1.807) is 35.4 Å². The summed E-state index contributed by atoms with van der Waals surface area (Å²) >= 11 is 0. The van der Waals surface area contributed by atoms with Crippen LogP contribution in [0.1, 0.15) is 16.8 Å². The highest BCUT2D eigenvalue weighted by Gasteiger charge is 2.61. The van der Waals surface area contributed by atoms with E-state index in [0.29, 0.717) is 5.56 Å². The minimum atomic E-state index is -5.80. The van der Waals surface area contributed by atoms with Crippen LogP contribution >= 0.6 is 0 Å².